The first-order valence-corrected chi connectivity index (χ1v) is 25.5. The molecule has 4 atom stereocenters. The zero-order valence-corrected chi connectivity index (χ0v) is 43.9. The summed E-state index contributed by atoms with van der Waals surface area (Å²) >= 11 is 7.67. The van der Waals surface area contributed by atoms with Crippen molar-refractivity contribution in [2.45, 2.75) is 101 Å². The van der Waals surface area contributed by atoms with Crippen LogP contribution in [-0.4, -0.2) is 88.0 Å². The third-order valence-electron chi connectivity index (χ3n) is 11.8. The molecule has 12 nitrogen and oxygen atoms in total. The van der Waals surface area contributed by atoms with Crippen LogP contribution in [0.4, 0.5) is 4.79 Å². The normalized spacial score (nSPS) is 13.3. The van der Waals surface area contributed by atoms with Gasteiger partial charge in [-0.05, 0) is 99.2 Å². The van der Waals surface area contributed by atoms with Gasteiger partial charge in [-0.2, -0.15) is 0 Å². The van der Waals surface area contributed by atoms with E-state index in [0.717, 1.165) is 16.7 Å². The molecule has 0 fully saturated rings. The van der Waals surface area contributed by atoms with E-state index >= 15 is 9.59 Å². The van der Waals surface area contributed by atoms with Gasteiger partial charge in [0, 0.05) is 37.1 Å². The Morgan fingerprint density at radius 3 is 1.42 bits per heavy atom. The van der Waals surface area contributed by atoms with Crippen LogP contribution in [0.25, 0.3) is 0 Å². The van der Waals surface area contributed by atoms with Crippen LogP contribution < -0.4 is 20.7 Å². The second kappa shape index (κ2) is 25.0. The van der Waals surface area contributed by atoms with Crippen LogP contribution in [0.1, 0.15) is 74.9 Å². The number of nitrogens with one attached hydrogen (secondary N) is 3. The van der Waals surface area contributed by atoms with Crippen LogP contribution in [0.15, 0.2) is 170 Å². The Morgan fingerprint density at radius 2 is 0.945 bits per heavy atom. The van der Waals surface area contributed by atoms with E-state index < -0.39 is 69.9 Å². The molecule has 14 heteroatoms. The Balaban J connectivity index is 1.44. The smallest absolute Gasteiger partial charge is 0.410 e. The summed E-state index contributed by atoms with van der Waals surface area (Å²) in [6.07, 6.45) is -0.800. The summed E-state index contributed by atoms with van der Waals surface area (Å²) in [5, 5.41) is 19.5. The van der Waals surface area contributed by atoms with Crippen molar-refractivity contribution >= 4 is 53.1 Å². The molecule has 0 saturated carbocycles. The van der Waals surface area contributed by atoms with Gasteiger partial charge in [0.15, 0.2) is 0 Å². The van der Waals surface area contributed by atoms with E-state index in [9.17, 15) is 19.5 Å². The number of ether oxygens (including phenoxy) is 2. The standard InChI is InChI=1S/C59H65ClN4O8S/c1-57(2,3)71-47-34-30-41(31-35-47)36-48(52(65)62-49(55(68)69)37-40-20-12-8-13-21-40)61-53(66)50(63-54(67)51(38-42-28-32-46(60)33-29-42)64(7)56(70)72-58(4,5)6)39-73-59(43-22-14-9-15-23-43,44-24-16-10-17-25-44)45-26-18-11-19-27-45/h8-35,48-51H,36-39H2,1-7H3,(H,61,66)(H,62,65)(H,63,67)(H,68,69)/t48-,49+,50+,51-/m0/s1. The fourth-order valence-electron chi connectivity index (χ4n) is 8.22. The number of rotatable bonds is 21. The average Bonchev–Trinajstić information content (AvgIpc) is 3.36. The molecule has 0 heterocycles. The number of amides is 4. The minimum absolute atomic E-state index is 0.0164. The first kappa shape index (κ1) is 55.2. The molecule has 73 heavy (non-hydrogen) atoms. The van der Waals surface area contributed by atoms with Crippen molar-refractivity contribution in [1.29, 1.82) is 0 Å². The summed E-state index contributed by atoms with van der Waals surface area (Å²) < 4.78 is 10.8. The molecule has 6 aromatic carbocycles. The first-order chi connectivity index (χ1) is 34.7. The van der Waals surface area contributed by atoms with Crippen molar-refractivity contribution in [3.8, 4) is 5.75 Å². The molecule has 0 aliphatic carbocycles. The summed E-state index contributed by atoms with van der Waals surface area (Å²) in [4.78, 5) is 72.7. The Morgan fingerprint density at radius 1 is 0.534 bits per heavy atom. The number of likely N-dealkylation sites (N-methyl/N-ethyl adjacent to an activating group) is 1. The zero-order valence-electron chi connectivity index (χ0n) is 42.3. The van der Waals surface area contributed by atoms with Gasteiger partial charge >= 0.3 is 12.1 Å². The number of nitrogens with zero attached hydrogens (tertiary/aromatic N) is 1. The van der Waals surface area contributed by atoms with Crippen molar-refractivity contribution < 1.29 is 38.6 Å². The van der Waals surface area contributed by atoms with Crippen LogP contribution in [0.2, 0.25) is 5.02 Å². The third kappa shape index (κ3) is 15.9. The van der Waals surface area contributed by atoms with Crippen molar-refractivity contribution in [1.82, 2.24) is 20.9 Å². The van der Waals surface area contributed by atoms with Crippen LogP contribution in [0.3, 0.4) is 0 Å². The predicted molar refractivity (Wildman–Crippen MR) is 289 cm³/mol. The van der Waals surface area contributed by atoms with E-state index in [0.29, 0.717) is 27.5 Å². The molecule has 4 amide bonds. The number of halogens is 1. The maximum Gasteiger partial charge on any atom is 0.410 e. The molecule has 0 radical (unpaired) electrons. The maximum atomic E-state index is 15.4. The Bertz CT molecular complexity index is 2660. The van der Waals surface area contributed by atoms with E-state index in [2.05, 4.69) is 16.0 Å². The first-order valence-electron chi connectivity index (χ1n) is 24.2. The van der Waals surface area contributed by atoms with Crippen molar-refractivity contribution in [2.75, 3.05) is 12.8 Å². The lowest BCUT2D eigenvalue weighted by atomic mass is 9.84. The maximum absolute atomic E-state index is 15.4. The van der Waals surface area contributed by atoms with Crippen LogP contribution in [-0.2, 0) is 47.9 Å². The van der Waals surface area contributed by atoms with Gasteiger partial charge in [0.05, 0.1) is 4.75 Å². The summed E-state index contributed by atoms with van der Waals surface area (Å²) in [6.45, 7) is 11.0. The number of carboxylic acid groups (broad SMARTS) is 1. The predicted octanol–water partition coefficient (Wildman–Crippen LogP) is 10.0. The number of aliphatic carboxylic acids is 1. The monoisotopic (exact) mass is 1020 g/mol. The molecule has 0 aliphatic heterocycles. The summed E-state index contributed by atoms with van der Waals surface area (Å²) in [5.74, 6) is -2.86. The molecule has 0 aromatic heterocycles. The number of benzene rings is 6. The van der Waals surface area contributed by atoms with Gasteiger partial charge in [-0.3, -0.25) is 19.3 Å². The van der Waals surface area contributed by atoms with Crippen LogP contribution >= 0.6 is 23.4 Å². The molecule has 382 valence electrons. The van der Waals surface area contributed by atoms with E-state index in [1.54, 1.807) is 93.6 Å². The quantitative estimate of drug-likeness (QED) is 0.0514. The molecule has 0 unspecified atom stereocenters. The lowest BCUT2D eigenvalue weighted by molar-refractivity contribution is -0.142. The minimum atomic E-state index is -1.36. The summed E-state index contributed by atoms with van der Waals surface area (Å²) in [5.41, 5.74) is 3.36. The van der Waals surface area contributed by atoms with Gasteiger partial charge in [-0.15, -0.1) is 11.8 Å². The Kier molecular flexibility index (Phi) is 18.9. The van der Waals surface area contributed by atoms with Gasteiger partial charge in [0.2, 0.25) is 17.7 Å². The number of thioether (sulfide) groups is 1. The van der Waals surface area contributed by atoms with Gasteiger partial charge in [-0.1, -0.05) is 157 Å². The SMILES string of the molecule is CN(C(=O)OC(C)(C)C)[C@@H](Cc1ccc(Cl)cc1)C(=O)N[C@H](CSC(c1ccccc1)(c1ccccc1)c1ccccc1)C(=O)N[C@@H](Cc1ccc(OC(C)(C)C)cc1)C(=O)N[C@H](Cc1ccccc1)C(=O)O. The number of carboxylic acids is 1. The highest BCUT2D eigenvalue weighted by Gasteiger charge is 2.41. The van der Waals surface area contributed by atoms with Crippen molar-refractivity contribution in [3.05, 3.63) is 208 Å². The highest BCUT2D eigenvalue weighted by Crippen LogP contribution is 2.48. The molecule has 0 spiro atoms. The average molecular weight is 1030 g/mol. The second-order valence-electron chi connectivity index (χ2n) is 19.8. The fourth-order valence-corrected chi connectivity index (χ4v) is 9.91. The number of carbonyl (C=O) groups is 5. The second-order valence-corrected chi connectivity index (χ2v) is 21.5. The van der Waals surface area contributed by atoms with Crippen LogP contribution in [0.5, 0.6) is 5.75 Å². The fraction of sp³-hybridized carbons (Fsp3) is 0.305. The number of hydrogen-bond acceptors (Lipinski definition) is 8. The third-order valence-corrected chi connectivity index (χ3v) is 13.6. The van der Waals surface area contributed by atoms with E-state index in [-0.39, 0.29) is 25.0 Å². The largest absolute Gasteiger partial charge is 0.488 e. The van der Waals surface area contributed by atoms with Crippen LogP contribution in [0, 0.1) is 0 Å². The van der Waals surface area contributed by atoms with Gasteiger partial charge in [-0.25, -0.2) is 9.59 Å². The minimum Gasteiger partial charge on any atom is -0.488 e. The molecular weight excluding hydrogens is 960 g/mol. The van der Waals surface area contributed by atoms with Gasteiger partial charge < -0.3 is 30.5 Å². The Labute approximate surface area is 438 Å². The van der Waals surface area contributed by atoms with Gasteiger partial charge in [0.25, 0.3) is 0 Å². The molecule has 0 bridgehead atoms. The molecule has 6 rings (SSSR count). The topological polar surface area (TPSA) is 163 Å². The number of carbonyl (C=O) groups excluding carboxylic acids is 4. The van der Waals surface area contributed by atoms with E-state index in [1.807, 2.05) is 118 Å². The lowest BCUT2D eigenvalue weighted by Crippen LogP contribution is -2.59. The number of hydrogen-bond donors (Lipinski definition) is 4. The summed E-state index contributed by atoms with van der Waals surface area (Å²) in [6, 6.07) is 47.3. The van der Waals surface area contributed by atoms with Gasteiger partial charge in [0.1, 0.15) is 41.1 Å². The molecular formula is C59H65ClN4O8S. The highest BCUT2D eigenvalue weighted by atomic mass is 35.5. The highest BCUT2D eigenvalue weighted by molar-refractivity contribution is 8.00. The Hall–Kier alpha value is -7.09. The summed E-state index contributed by atoms with van der Waals surface area (Å²) in [7, 11) is 1.47. The lowest BCUT2D eigenvalue weighted by Gasteiger charge is -2.37. The van der Waals surface area contributed by atoms with E-state index in [1.165, 1.54) is 23.7 Å². The molecule has 0 aliphatic rings. The van der Waals surface area contributed by atoms with Crippen molar-refractivity contribution in [3.63, 3.8) is 0 Å². The van der Waals surface area contributed by atoms with E-state index in [4.69, 9.17) is 21.1 Å². The zero-order chi connectivity index (χ0) is 52.8. The molecule has 0 saturated heterocycles. The molecule has 4 N–H and O–H groups in total. The molecule has 6 aromatic rings. The van der Waals surface area contributed by atoms with Crippen molar-refractivity contribution in [2.24, 2.45) is 0 Å².